The predicted molar refractivity (Wildman–Crippen MR) is 45.2 cm³/mol. The zero-order valence-electron chi connectivity index (χ0n) is 6.84. The molecule has 0 saturated carbocycles. The van der Waals surface area contributed by atoms with Crippen LogP contribution in [0.2, 0.25) is 0 Å². The maximum atomic E-state index is 10.4. The van der Waals surface area contributed by atoms with Crippen LogP contribution in [0.4, 0.5) is 0 Å². The van der Waals surface area contributed by atoms with E-state index in [1.165, 1.54) is 18.3 Å². The van der Waals surface area contributed by atoms with E-state index in [9.17, 15) is 4.79 Å². The van der Waals surface area contributed by atoms with Crippen molar-refractivity contribution in [1.29, 1.82) is 0 Å². The second-order valence-electron chi connectivity index (χ2n) is 2.57. The monoisotopic (exact) mass is 182 g/mol. The van der Waals surface area contributed by atoms with E-state index in [0.29, 0.717) is 5.56 Å². The summed E-state index contributed by atoms with van der Waals surface area (Å²) in [5, 5.41) is 17.2. The molecule has 1 aromatic rings. The molecule has 0 spiro atoms. The Morgan fingerprint density at radius 1 is 1.62 bits per heavy atom. The summed E-state index contributed by atoms with van der Waals surface area (Å²) < 4.78 is 0. The summed E-state index contributed by atoms with van der Waals surface area (Å²) in [5.74, 6) is -1.08. The largest absolute Gasteiger partial charge is 0.477 e. The average molecular weight is 182 g/mol. The van der Waals surface area contributed by atoms with Crippen LogP contribution in [-0.4, -0.2) is 27.8 Å². The minimum atomic E-state index is -1.08. The quantitative estimate of drug-likeness (QED) is 0.600. The normalized spacial score (nSPS) is 12.5. The van der Waals surface area contributed by atoms with E-state index < -0.39 is 12.0 Å². The molecule has 5 heteroatoms. The number of carbonyl (C=O) groups is 1. The van der Waals surface area contributed by atoms with Crippen molar-refractivity contribution >= 4 is 5.97 Å². The fourth-order valence-corrected chi connectivity index (χ4v) is 0.857. The third-order valence-corrected chi connectivity index (χ3v) is 1.63. The van der Waals surface area contributed by atoms with Gasteiger partial charge < -0.3 is 15.9 Å². The zero-order valence-corrected chi connectivity index (χ0v) is 6.84. The molecule has 13 heavy (non-hydrogen) atoms. The summed E-state index contributed by atoms with van der Waals surface area (Å²) in [5.41, 5.74) is 6.07. The number of hydrogen-bond donors (Lipinski definition) is 3. The SMILES string of the molecule is N[C@H](CO)c1ccc(C(=O)O)nc1. The fraction of sp³-hybridized carbons (Fsp3) is 0.250. The molecule has 1 rings (SSSR count). The van der Waals surface area contributed by atoms with E-state index in [0.717, 1.165) is 0 Å². The van der Waals surface area contributed by atoms with Crippen molar-refractivity contribution in [3.63, 3.8) is 0 Å². The number of carboxylic acids is 1. The van der Waals surface area contributed by atoms with Gasteiger partial charge in [0.05, 0.1) is 12.6 Å². The van der Waals surface area contributed by atoms with E-state index in [1.54, 1.807) is 0 Å². The summed E-state index contributed by atoms with van der Waals surface area (Å²) in [4.78, 5) is 14.1. The Morgan fingerprint density at radius 2 is 2.31 bits per heavy atom. The molecule has 0 aliphatic rings. The lowest BCUT2D eigenvalue weighted by atomic mass is 10.1. The van der Waals surface area contributed by atoms with Gasteiger partial charge in [0, 0.05) is 6.20 Å². The molecule has 0 bridgehead atoms. The topological polar surface area (TPSA) is 96.4 Å². The number of aliphatic hydroxyl groups is 1. The Balaban J connectivity index is 2.87. The van der Waals surface area contributed by atoms with E-state index in [2.05, 4.69) is 4.98 Å². The third kappa shape index (κ3) is 2.24. The number of carboxylic acid groups (broad SMARTS) is 1. The second-order valence-corrected chi connectivity index (χ2v) is 2.57. The van der Waals surface area contributed by atoms with Gasteiger partial charge in [-0.15, -0.1) is 0 Å². The van der Waals surface area contributed by atoms with Crippen LogP contribution in [0.3, 0.4) is 0 Å². The Hall–Kier alpha value is -1.46. The van der Waals surface area contributed by atoms with Gasteiger partial charge in [-0.25, -0.2) is 9.78 Å². The van der Waals surface area contributed by atoms with Gasteiger partial charge in [0.1, 0.15) is 5.69 Å². The van der Waals surface area contributed by atoms with Crippen molar-refractivity contribution in [3.8, 4) is 0 Å². The Morgan fingerprint density at radius 3 is 2.69 bits per heavy atom. The molecule has 0 fully saturated rings. The summed E-state index contributed by atoms with van der Waals surface area (Å²) >= 11 is 0. The number of aromatic carboxylic acids is 1. The van der Waals surface area contributed by atoms with Crippen LogP contribution in [0.15, 0.2) is 18.3 Å². The molecule has 0 aromatic carbocycles. The van der Waals surface area contributed by atoms with Crippen molar-refractivity contribution in [2.45, 2.75) is 6.04 Å². The first-order chi connectivity index (χ1) is 6.15. The van der Waals surface area contributed by atoms with Gasteiger partial charge >= 0.3 is 5.97 Å². The second kappa shape index (κ2) is 3.97. The molecule has 0 saturated heterocycles. The lowest BCUT2D eigenvalue weighted by molar-refractivity contribution is 0.0690. The van der Waals surface area contributed by atoms with Crippen molar-refractivity contribution in [3.05, 3.63) is 29.6 Å². The van der Waals surface area contributed by atoms with Gasteiger partial charge in [0.15, 0.2) is 0 Å². The summed E-state index contributed by atoms with van der Waals surface area (Å²) in [6.45, 7) is -0.186. The first-order valence-corrected chi connectivity index (χ1v) is 3.71. The number of nitrogens with two attached hydrogens (primary N) is 1. The van der Waals surface area contributed by atoms with E-state index in [-0.39, 0.29) is 12.3 Å². The van der Waals surface area contributed by atoms with Crippen LogP contribution in [0.1, 0.15) is 22.1 Å². The third-order valence-electron chi connectivity index (χ3n) is 1.63. The molecular formula is C8H10N2O3. The van der Waals surface area contributed by atoms with Crippen molar-refractivity contribution in [2.75, 3.05) is 6.61 Å². The molecule has 0 aliphatic carbocycles. The van der Waals surface area contributed by atoms with Crippen molar-refractivity contribution < 1.29 is 15.0 Å². The van der Waals surface area contributed by atoms with Gasteiger partial charge in [-0.1, -0.05) is 6.07 Å². The molecule has 0 amide bonds. The number of aliphatic hydroxyl groups excluding tert-OH is 1. The summed E-state index contributed by atoms with van der Waals surface area (Å²) in [6.07, 6.45) is 1.35. The lowest BCUT2D eigenvalue weighted by Crippen LogP contribution is -2.15. The first-order valence-electron chi connectivity index (χ1n) is 3.71. The highest BCUT2D eigenvalue weighted by Gasteiger charge is 2.07. The molecule has 4 N–H and O–H groups in total. The van der Waals surface area contributed by atoms with Crippen molar-refractivity contribution in [2.24, 2.45) is 5.73 Å². The number of nitrogens with zero attached hydrogens (tertiary/aromatic N) is 1. The van der Waals surface area contributed by atoms with Crippen LogP contribution >= 0.6 is 0 Å². The number of hydrogen-bond acceptors (Lipinski definition) is 4. The van der Waals surface area contributed by atoms with Gasteiger partial charge in [0.25, 0.3) is 0 Å². The number of aromatic nitrogens is 1. The molecule has 5 nitrogen and oxygen atoms in total. The van der Waals surface area contributed by atoms with Crippen LogP contribution in [0.5, 0.6) is 0 Å². The number of rotatable bonds is 3. The Labute approximate surface area is 74.8 Å². The summed E-state index contributed by atoms with van der Waals surface area (Å²) in [7, 11) is 0. The lowest BCUT2D eigenvalue weighted by Gasteiger charge is -2.06. The fourth-order valence-electron chi connectivity index (χ4n) is 0.857. The van der Waals surface area contributed by atoms with Crippen LogP contribution < -0.4 is 5.73 Å². The number of pyridine rings is 1. The highest BCUT2D eigenvalue weighted by Crippen LogP contribution is 2.08. The molecule has 1 aromatic heterocycles. The molecule has 1 heterocycles. The van der Waals surface area contributed by atoms with Crippen LogP contribution in [-0.2, 0) is 0 Å². The highest BCUT2D eigenvalue weighted by atomic mass is 16.4. The Kier molecular flexibility index (Phi) is 2.94. The van der Waals surface area contributed by atoms with E-state index >= 15 is 0 Å². The van der Waals surface area contributed by atoms with Crippen molar-refractivity contribution in [1.82, 2.24) is 4.98 Å². The van der Waals surface area contributed by atoms with Crippen LogP contribution in [0.25, 0.3) is 0 Å². The standard InChI is InChI=1S/C8H10N2O3/c9-6(4-11)5-1-2-7(8(12)13)10-3-5/h1-3,6,11H,4,9H2,(H,12,13)/t6-/m1/s1. The molecule has 1 atom stereocenters. The van der Waals surface area contributed by atoms with Crippen LogP contribution in [0, 0.1) is 0 Å². The van der Waals surface area contributed by atoms with Gasteiger partial charge in [0.2, 0.25) is 0 Å². The molecule has 0 aliphatic heterocycles. The zero-order chi connectivity index (χ0) is 9.84. The minimum absolute atomic E-state index is 0.0334. The highest BCUT2D eigenvalue weighted by molar-refractivity contribution is 5.85. The predicted octanol–water partition coefficient (Wildman–Crippen LogP) is -0.228. The van der Waals surface area contributed by atoms with E-state index in [4.69, 9.17) is 15.9 Å². The summed E-state index contributed by atoms with van der Waals surface area (Å²) in [6, 6.07) is 2.39. The molecule has 0 radical (unpaired) electrons. The minimum Gasteiger partial charge on any atom is -0.477 e. The van der Waals surface area contributed by atoms with Gasteiger partial charge in [-0.05, 0) is 11.6 Å². The van der Waals surface area contributed by atoms with Gasteiger partial charge in [-0.2, -0.15) is 0 Å². The smallest absolute Gasteiger partial charge is 0.354 e. The maximum absolute atomic E-state index is 10.4. The van der Waals surface area contributed by atoms with Gasteiger partial charge in [-0.3, -0.25) is 0 Å². The Bertz CT molecular complexity index is 297. The van der Waals surface area contributed by atoms with E-state index in [1.807, 2.05) is 0 Å². The average Bonchev–Trinajstić information content (AvgIpc) is 2.17. The molecular weight excluding hydrogens is 172 g/mol. The first kappa shape index (κ1) is 9.63. The molecule has 70 valence electrons. The molecule has 0 unspecified atom stereocenters. The maximum Gasteiger partial charge on any atom is 0.354 e.